The summed E-state index contributed by atoms with van der Waals surface area (Å²) in [5.74, 6) is -0.000352. The second-order valence-corrected chi connectivity index (χ2v) is 4.49. The van der Waals surface area contributed by atoms with E-state index in [1.165, 1.54) is 7.11 Å². The molecule has 0 heterocycles. The number of ketones is 1. The lowest BCUT2D eigenvalue weighted by Crippen LogP contribution is -2.25. The van der Waals surface area contributed by atoms with Crippen molar-refractivity contribution in [1.29, 1.82) is 0 Å². The molecule has 3 nitrogen and oxygen atoms in total. The van der Waals surface area contributed by atoms with Gasteiger partial charge < -0.3 is 4.74 Å². The van der Waals surface area contributed by atoms with Crippen molar-refractivity contribution >= 4 is 11.8 Å². The number of Topliss-reactive ketones (excluding diaryl/α,β-unsaturated/α-hetero) is 1. The number of rotatable bonds is 7. The third-order valence-electron chi connectivity index (χ3n) is 2.69. The molecule has 0 aromatic rings. The number of methoxy groups -OCH3 is 1. The summed E-state index contributed by atoms with van der Waals surface area (Å²) in [5.41, 5.74) is -0.399. The van der Waals surface area contributed by atoms with Crippen LogP contribution in [0.25, 0.3) is 0 Å². The summed E-state index contributed by atoms with van der Waals surface area (Å²) < 4.78 is 4.56. The predicted molar refractivity (Wildman–Crippen MR) is 59.6 cm³/mol. The van der Waals surface area contributed by atoms with Crippen molar-refractivity contribution in [3.05, 3.63) is 0 Å². The molecule has 0 fully saturated rings. The van der Waals surface area contributed by atoms with Crippen LogP contribution in [-0.4, -0.2) is 18.9 Å². The van der Waals surface area contributed by atoms with Gasteiger partial charge in [-0.1, -0.05) is 27.2 Å². The van der Waals surface area contributed by atoms with E-state index in [1.54, 1.807) is 0 Å². The summed E-state index contributed by atoms with van der Waals surface area (Å²) >= 11 is 0. The highest BCUT2D eigenvalue weighted by molar-refractivity contribution is 5.84. The zero-order valence-corrected chi connectivity index (χ0v) is 10.3. The minimum Gasteiger partial charge on any atom is -0.469 e. The van der Waals surface area contributed by atoms with E-state index in [-0.39, 0.29) is 11.8 Å². The molecule has 88 valence electrons. The fraction of sp³-hybridized carbons (Fsp3) is 0.833. The standard InChI is InChI=1S/C12H22O3/c1-5-6-7-10(13)12(2,3)9-8-11(14)15-4/h5-9H2,1-4H3. The number of hydrogen-bond acceptors (Lipinski definition) is 3. The zero-order valence-electron chi connectivity index (χ0n) is 10.3. The molecule has 0 saturated heterocycles. The number of unbranched alkanes of at least 4 members (excludes halogenated alkanes) is 1. The Morgan fingerprint density at radius 3 is 2.27 bits per heavy atom. The van der Waals surface area contributed by atoms with Crippen LogP contribution in [0.5, 0.6) is 0 Å². The SMILES string of the molecule is CCCCC(=O)C(C)(C)CCC(=O)OC. The second kappa shape index (κ2) is 6.59. The number of ether oxygens (including phenoxy) is 1. The van der Waals surface area contributed by atoms with E-state index >= 15 is 0 Å². The molecule has 0 aromatic heterocycles. The van der Waals surface area contributed by atoms with Crippen LogP contribution in [0.1, 0.15) is 52.9 Å². The Balaban J connectivity index is 4.04. The number of carbonyl (C=O) groups is 2. The van der Waals surface area contributed by atoms with Crippen LogP contribution in [0.3, 0.4) is 0 Å². The molecule has 0 unspecified atom stereocenters. The van der Waals surface area contributed by atoms with Crippen LogP contribution < -0.4 is 0 Å². The summed E-state index contributed by atoms with van der Waals surface area (Å²) in [4.78, 5) is 22.7. The number of carbonyl (C=O) groups excluding carboxylic acids is 2. The van der Waals surface area contributed by atoms with Crippen LogP contribution in [0, 0.1) is 5.41 Å². The van der Waals surface area contributed by atoms with Crippen LogP contribution in [-0.2, 0) is 14.3 Å². The van der Waals surface area contributed by atoms with E-state index in [2.05, 4.69) is 11.7 Å². The molecule has 0 aromatic carbocycles. The minimum absolute atomic E-state index is 0.244. The first-order valence-electron chi connectivity index (χ1n) is 5.54. The van der Waals surface area contributed by atoms with Crippen molar-refractivity contribution < 1.29 is 14.3 Å². The van der Waals surface area contributed by atoms with Crippen molar-refractivity contribution in [2.75, 3.05) is 7.11 Å². The third kappa shape index (κ3) is 5.55. The second-order valence-electron chi connectivity index (χ2n) is 4.49. The van der Waals surface area contributed by atoms with E-state index < -0.39 is 5.41 Å². The van der Waals surface area contributed by atoms with Gasteiger partial charge in [0.05, 0.1) is 7.11 Å². The van der Waals surface area contributed by atoms with Gasteiger partial charge in [-0.25, -0.2) is 0 Å². The normalized spacial score (nSPS) is 11.2. The van der Waals surface area contributed by atoms with Crippen molar-refractivity contribution in [2.24, 2.45) is 5.41 Å². The lowest BCUT2D eigenvalue weighted by atomic mass is 9.81. The molecular weight excluding hydrogens is 192 g/mol. The molecule has 0 aliphatic carbocycles. The van der Waals surface area contributed by atoms with E-state index in [1.807, 2.05) is 13.8 Å². The molecule has 0 radical (unpaired) electrons. The van der Waals surface area contributed by atoms with Gasteiger partial charge in [0.15, 0.2) is 0 Å². The zero-order chi connectivity index (χ0) is 11.9. The first kappa shape index (κ1) is 14.1. The molecule has 0 amide bonds. The van der Waals surface area contributed by atoms with Crippen molar-refractivity contribution in [2.45, 2.75) is 52.9 Å². The summed E-state index contributed by atoms with van der Waals surface area (Å²) in [6.07, 6.45) is 3.47. The molecule has 0 saturated carbocycles. The average Bonchev–Trinajstić information content (AvgIpc) is 2.22. The highest BCUT2D eigenvalue weighted by Gasteiger charge is 2.27. The van der Waals surface area contributed by atoms with Gasteiger partial charge in [-0.15, -0.1) is 0 Å². The average molecular weight is 214 g/mol. The molecule has 3 heteroatoms. The van der Waals surface area contributed by atoms with E-state index in [4.69, 9.17) is 0 Å². The van der Waals surface area contributed by atoms with Gasteiger partial charge in [0, 0.05) is 18.3 Å². The monoisotopic (exact) mass is 214 g/mol. The molecule has 0 aliphatic rings. The third-order valence-corrected chi connectivity index (χ3v) is 2.69. The van der Waals surface area contributed by atoms with Crippen LogP contribution in [0.15, 0.2) is 0 Å². The Kier molecular flexibility index (Phi) is 6.21. The fourth-order valence-electron chi connectivity index (χ4n) is 1.33. The Morgan fingerprint density at radius 2 is 1.80 bits per heavy atom. The van der Waals surface area contributed by atoms with E-state index in [0.717, 1.165) is 12.8 Å². The van der Waals surface area contributed by atoms with Gasteiger partial charge in [0.25, 0.3) is 0 Å². The molecular formula is C12H22O3. The lowest BCUT2D eigenvalue weighted by Gasteiger charge is -2.22. The maximum atomic E-state index is 11.8. The molecule has 0 aliphatic heterocycles. The smallest absolute Gasteiger partial charge is 0.305 e. The van der Waals surface area contributed by atoms with Gasteiger partial charge >= 0.3 is 5.97 Å². The maximum Gasteiger partial charge on any atom is 0.305 e. The Hall–Kier alpha value is -0.860. The quantitative estimate of drug-likeness (QED) is 0.612. The Bertz CT molecular complexity index is 219. The first-order valence-corrected chi connectivity index (χ1v) is 5.54. The lowest BCUT2D eigenvalue weighted by molar-refractivity contribution is -0.141. The number of hydrogen-bond donors (Lipinski definition) is 0. The van der Waals surface area contributed by atoms with Gasteiger partial charge in [-0.3, -0.25) is 9.59 Å². The number of esters is 1. The minimum atomic E-state index is -0.399. The Labute approximate surface area is 92.2 Å². The molecule has 0 rings (SSSR count). The molecule has 0 N–H and O–H groups in total. The maximum absolute atomic E-state index is 11.8. The Morgan fingerprint density at radius 1 is 1.20 bits per heavy atom. The highest BCUT2D eigenvalue weighted by Crippen LogP contribution is 2.26. The van der Waals surface area contributed by atoms with Crippen molar-refractivity contribution in [3.63, 3.8) is 0 Å². The fourth-order valence-corrected chi connectivity index (χ4v) is 1.33. The van der Waals surface area contributed by atoms with Gasteiger partial charge in [-0.05, 0) is 12.8 Å². The van der Waals surface area contributed by atoms with E-state index in [0.29, 0.717) is 19.3 Å². The molecule has 15 heavy (non-hydrogen) atoms. The van der Waals surface area contributed by atoms with Crippen LogP contribution in [0.4, 0.5) is 0 Å². The van der Waals surface area contributed by atoms with Gasteiger partial charge in [-0.2, -0.15) is 0 Å². The molecule has 0 spiro atoms. The van der Waals surface area contributed by atoms with Gasteiger partial charge in [0.2, 0.25) is 0 Å². The summed E-state index contributed by atoms with van der Waals surface area (Å²) in [5, 5.41) is 0. The summed E-state index contributed by atoms with van der Waals surface area (Å²) in [6, 6.07) is 0. The van der Waals surface area contributed by atoms with Crippen LogP contribution >= 0.6 is 0 Å². The summed E-state index contributed by atoms with van der Waals surface area (Å²) in [7, 11) is 1.37. The largest absolute Gasteiger partial charge is 0.469 e. The molecule has 0 atom stereocenters. The van der Waals surface area contributed by atoms with Crippen LogP contribution in [0.2, 0.25) is 0 Å². The van der Waals surface area contributed by atoms with E-state index in [9.17, 15) is 9.59 Å². The highest BCUT2D eigenvalue weighted by atomic mass is 16.5. The first-order chi connectivity index (χ1) is 6.94. The van der Waals surface area contributed by atoms with Gasteiger partial charge in [0.1, 0.15) is 5.78 Å². The van der Waals surface area contributed by atoms with Crippen molar-refractivity contribution in [1.82, 2.24) is 0 Å². The van der Waals surface area contributed by atoms with Crippen molar-refractivity contribution in [3.8, 4) is 0 Å². The topological polar surface area (TPSA) is 43.4 Å². The molecule has 0 bridgehead atoms. The summed E-state index contributed by atoms with van der Waals surface area (Å²) in [6.45, 7) is 5.86. The predicted octanol–water partition coefficient (Wildman–Crippen LogP) is 2.73.